The van der Waals surface area contributed by atoms with E-state index >= 15 is 0 Å². The molecule has 37 heavy (non-hydrogen) atoms. The average molecular weight is 590 g/mol. The normalized spacial score (nSPS) is 20.5. The highest BCUT2D eigenvalue weighted by molar-refractivity contribution is 7.92. The number of esters is 1. The quantitative estimate of drug-likeness (QED) is 0.314. The van der Waals surface area contributed by atoms with Crippen LogP contribution in [-0.2, 0) is 34.1 Å². The van der Waals surface area contributed by atoms with Crippen LogP contribution in [0.15, 0.2) is 47.4 Å². The molecule has 1 saturated carbocycles. The number of sulfone groups is 1. The third-order valence-corrected chi connectivity index (χ3v) is 10.6. The van der Waals surface area contributed by atoms with E-state index in [0.29, 0.717) is 12.1 Å². The van der Waals surface area contributed by atoms with Crippen LogP contribution in [0.4, 0.5) is 22.0 Å². The number of carbonyl (C=O) groups excluding carboxylic acids is 1. The summed E-state index contributed by atoms with van der Waals surface area (Å²) in [6, 6.07) is 5.16. The average Bonchev–Trinajstić information content (AvgIpc) is 2.78. The molecular weight excluding hydrogens is 569 g/mol. The molecule has 0 saturated heterocycles. The van der Waals surface area contributed by atoms with Crippen molar-refractivity contribution in [2.24, 2.45) is 0 Å². The molecule has 1 aliphatic carbocycles. The highest BCUT2D eigenvalue weighted by Crippen LogP contribution is 2.54. The van der Waals surface area contributed by atoms with Crippen molar-refractivity contribution < 1.29 is 48.3 Å². The summed E-state index contributed by atoms with van der Waals surface area (Å²) in [4.78, 5) is 11.0. The van der Waals surface area contributed by atoms with Gasteiger partial charge in [-0.05, 0) is 61.7 Å². The molecular formula is C22H21ClF5NO6S2. The van der Waals surface area contributed by atoms with Crippen LogP contribution in [-0.4, -0.2) is 52.3 Å². The second kappa shape index (κ2) is 10.5. The Bertz CT molecular complexity index is 1380. The molecule has 0 atom stereocenters. The molecule has 15 heteroatoms. The first-order valence-electron chi connectivity index (χ1n) is 10.7. The number of halogens is 6. The van der Waals surface area contributed by atoms with E-state index in [1.54, 1.807) is 0 Å². The number of carbonyl (C=O) groups is 1. The van der Waals surface area contributed by atoms with Crippen LogP contribution in [0.5, 0.6) is 0 Å². The highest BCUT2D eigenvalue weighted by atomic mass is 35.5. The summed E-state index contributed by atoms with van der Waals surface area (Å²) < 4.78 is 124. The van der Waals surface area contributed by atoms with Crippen LogP contribution in [0, 0.1) is 11.6 Å². The van der Waals surface area contributed by atoms with Crippen molar-refractivity contribution in [1.82, 2.24) is 4.31 Å². The predicted molar refractivity (Wildman–Crippen MR) is 123 cm³/mol. The largest absolute Gasteiger partial charge is 0.511 e. The predicted octanol–water partition coefficient (Wildman–Crippen LogP) is 4.55. The number of methoxy groups -OCH3 is 1. The number of ether oxygens (including phenoxy) is 1. The van der Waals surface area contributed by atoms with Crippen LogP contribution in [0.2, 0.25) is 5.02 Å². The molecule has 1 fully saturated rings. The van der Waals surface area contributed by atoms with Crippen molar-refractivity contribution >= 4 is 37.4 Å². The topological polar surface area (TPSA) is 97.8 Å². The Hall–Kier alpha value is -2.29. The van der Waals surface area contributed by atoms with Crippen molar-refractivity contribution in [1.29, 1.82) is 0 Å². The van der Waals surface area contributed by atoms with E-state index in [9.17, 15) is 43.6 Å². The fourth-order valence-electron chi connectivity index (χ4n) is 4.29. The van der Waals surface area contributed by atoms with Gasteiger partial charge < -0.3 is 4.74 Å². The van der Waals surface area contributed by atoms with Crippen molar-refractivity contribution in [3.05, 3.63) is 64.7 Å². The number of sulfonamides is 1. The zero-order valence-corrected chi connectivity index (χ0v) is 21.5. The summed E-state index contributed by atoms with van der Waals surface area (Å²) >= 11 is 5.81. The Labute approximate surface area is 215 Å². The van der Waals surface area contributed by atoms with Gasteiger partial charge in [-0.15, -0.1) is 0 Å². The van der Waals surface area contributed by atoms with E-state index < -0.39 is 85.1 Å². The van der Waals surface area contributed by atoms with Gasteiger partial charge >= 0.3 is 21.5 Å². The Balaban J connectivity index is 2.08. The van der Waals surface area contributed by atoms with E-state index in [-0.39, 0.29) is 20.6 Å². The Morgan fingerprint density at radius 1 is 1.08 bits per heavy atom. The third kappa shape index (κ3) is 5.47. The van der Waals surface area contributed by atoms with Gasteiger partial charge in [-0.25, -0.2) is 25.6 Å². The number of benzene rings is 2. The summed E-state index contributed by atoms with van der Waals surface area (Å²) in [6.45, 7) is -0.787. The van der Waals surface area contributed by atoms with Gasteiger partial charge in [0.25, 0.3) is 0 Å². The number of rotatable bonds is 9. The van der Waals surface area contributed by atoms with Crippen molar-refractivity contribution in [2.45, 2.75) is 46.9 Å². The molecule has 0 aromatic heterocycles. The van der Waals surface area contributed by atoms with Crippen LogP contribution in [0.1, 0.15) is 31.2 Å². The second-order valence-electron chi connectivity index (χ2n) is 8.38. The van der Waals surface area contributed by atoms with Gasteiger partial charge in [-0.3, -0.25) is 4.79 Å². The Kier molecular flexibility index (Phi) is 8.28. The zero-order chi connectivity index (χ0) is 27.8. The molecule has 2 aromatic rings. The standard InChI is InChI=1S/C22H21ClF5NO6S2/c1-35-20(30)3-2-10-29(37(33,34)22(26,27)28)16-12-21(13-16,18-11-15(24)6-9-19(18)25)36(31,32)17-7-4-14(23)5-8-17/h4-9,11,16H,2-3,10,12-13H2,1H3/t16-,21-. The van der Waals surface area contributed by atoms with E-state index in [1.807, 2.05) is 0 Å². The molecule has 0 spiro atoms. The highest BCUT2D eigenvalue weighted by Gasteiger charge is 2.62. The molecule has 0 aliphatic heterocycles. The van der Waals surface area contributed by atoms with Crippen molar-refractivity contribution in [2.75, 3.05) is 13.7 Å². The lowest BCUT2D eigenvalue weighted by Crippen LogP contribution is -2.60. The summed E-state index contributed by atoms with van der Waals surface area (Å²) in [5.41, 5.74) is -6.37. The fraction of sp³-hybridized carbons (Fsp3) is 0.409. The van der Waals surface area contributed by atoms with Gasteiger partial charge in [-0.2, -0.15) is 17.5 Å². The van der Waals surface area contributed by atoms with Crippen LogP contribution < -0.4 is 0 Å². The van der Waals surface area contributed by atoms with E-state index in [4.69, 9.17) is 11.6 Å². The molecule has 0 unspecified atom stereocenters. The molecule has 7 nitrogen and oxygen atoms in total. The minimum absolute atomic E-state index is 0.0583. The van der Waals surface area contributed by atoms with E-state index in [0.717, 1.165) is 25.3 Å². The van der Waals surface area contributed by atoms with Gasteiger partial charge in [0.05, 0.1) is 12.0 Å². The van der Waals surface area contributed by atoms with Crippen LogP contribution in [0.25, 0.3) is 0 Å². The molecule has 3 rings (SSSR count). The Morgan fingerprint density at radius 2 is 1.68 bits per heavy atom. The van der Waals surface area contributed by atoms with Gasteiger partial charge in [0.15, 0.2) is 9.84 Å². The van der Waals surface area contributed by atoms with Gasteiger partial charge in [0, 0.05) is 29.6 Å². The molecule has 0 bridgehead atoms. The SMILES string of the molecule is COC(=O)CCCN([C@H]1C[C@](c2cc(F)ccc2F)(S(=O)(=O)c2ccc(Cl)cc2)C1)S(=O)(=O)C(F)(F)F. The number of hydrogen-bond donors (Lipinski definition) is 0. The summed E-state index contributed by atoms with van der Waals surface area (Å²) in [5, 5.41) is 0.171. The number of alkyl halides is 3. The fourth-order valence-corrected chi connectivity index (χ4v) is 7.81. The number of nitrogens with zero attached hydrogens (tertiary/aromatic N) is 1. The molecule has 0 N–H and O–H groups in total. The van der Waals surface area contributed by atoms with Crippen LogP contribution >= 0.6 is 11.6 Å². The molecule has 2 aromatic carbocycles. The van der Waals surface area contributed by atoms with Gasteiger partial charge in [-0.1, -0.05) is 11.6 Å². The lowest BCUT2D eigenvalue weighted by molar-refractivity contribution is -0.140. The van der Waals surface area contributed by atoms with Gasteiger partial charge in [0.1, 0.15) is 16.4 Å². The van der Waals surface area contributed by atoms with Crippen molar-refractivity contribution in [3.63, 3.8) is 0 Å². The first kappa shape index (κ1) is 29.3. The minimum Gasteiger partial charge on any atom is -0.469 e. The summed E-state index contributed by atoms with van der Waals surface area (Å²) in [7, 11) is -9.53. The molecule has 0 amide bonds. The number of hydrogen-bond acceptors (Lipinski definition) is 6. The maximum Gasteiger partial charge on any atom is 0.511 e. The third-order valence-electron chi connectivity index (χ3n) is 6.18. The van der Waals surface area contributed by atoms with Crippen molar-refractivity contribution in [3.8, 4) is 0 Å². The summed E-state index contributed by atoms with van der Waals surface area (Å²) in [5.74, 6) is -2.92. The lowest BCUT2D eigenvalue weighted by Gasteiger charge is -2.50. The zero-order valence-electron chi connectivity index (χ0n) is 19.1. The van der Waals surface area contributed by atoms with Gasteiger partial charge in [0.2, 0.25) is 0 Å². The first-order valence-corrected chi connectivity index (χ1v) is 14.0. The monoisotopic (exact) mass is 589 g/mol. The lowest BCUT2D eigenvalue weighted by atomic mass is 9.74. The molecule has 0 radical (unpaired) electrons. The maximum atomic E-state index is 14.9. The Morgan fingerprint density at radius 3 is 2.22 bits per heavy atom. The maximum absolute atomic E-state index is 14.9. The second-order valence-corrected chi connectivity index (χ2v) is 13.0. The molecule has 204 valence electrons. The molecule has 1 aliphatic rings. The first-order chi connectivity index (χ1) is 17.1. The summed E-state index contributed by atoms with van der Waals surface area (Å²) in [6.07, 6.45) is -2.36. The van der Waals surface area contributed by atoms with E-state index in [2.05, 4.69) is 4.74 Å². The minimum atomic E-state index is -5.97. The molecule has 0 heterocycles. The smallest absolute Gasteiger partial charge is 0.469 e. The van der Waals surface area contributed by atoms with Crippen LogP contribution in [0.3, 0.4) is 0 Å². The van der Waals surface area contributed by atoms with E-state index in [1.165, 1.54) is 12.1 Å².